The van der Waals surface area contributed by atoms with E-state index in [1.54, 1.807) is 6.07 Å². The van der Waals surface area contributed by atoms with Crippen LogP contribution >= 0.6 is 18.1 Å². The monoisotopic (exact) mass is 208 g/mol. The molecule has 0 saturated carbocycles. The molecule has 1 atom stereocenters. The van der Waals surface area contributed by atoms with Crippen LogP contribution in [0, 0.1) is 11.6 Å². The Morgan fingerprint density at radius 2 is 1.83 bits per heavy atom. The van der Waals surface area contributed by atoms with Crippen LogP contribution in [0.1, 0.15) is 0 Å². The molecule has 4 heteroatoms. The first-order valence-electron chi connectivity index (χ1n) is 3.38. The third kappa shape index (κ3) is 1.96. The standard InChI is InChI=1S/C8H11F2PS/c1-12(2,11)7-5-3-4-6(9)8(7)10/h3-5H,11H2,1-2H3. The van der Waals surface area contributed by atoms with Crippen molar-refractivity contribution in [2.24, 2.45) is 0 Å². The summed E-state index contributed by atoms with van der Waals surface area (Å²) in [4.78, 5) is 0.465. The summed E-state index contributed by atoms with van der Waals surface area (Å²) in [6, 6.07) is 4.29. The molecule has 0 N–H and O–H groups in total. The van der Waals surface area contributed by atoms with Gasteiger partial charge >= 0.3 is 0 Å². The average molecular weight is 208 g/mol. The summed E-state index contributed by atoms with van der Waals surface area (Å²) in [5, 5.41) is 0. The molecule has 0 fully saturated rings. The van der Waals surface area contributed by atoms with Gasteiger partial charge in [-0.3, -0.25) is 0 Å². The lowest BCUT2D eigenvalue weighted by atomic mass is 10.3. The molecule has 0 nitrogen and oxygen atoms in total. The quantitative estimate of drug-likeness (QED) is 0.622. The lowest BCUT2D eigenvalue weighted by molar-refractivity contribution is 0.491. The first-order valence-corrected chi connectivity index (χ1v) is 7.31. The van der Waals surface area contributed by atoms with Gasteiger partial charge in [-0.15, -0.1) is 0 Å². The first-order chi connectivity index (χ1) is 5.43. The Kier molecular flexibility index (Phi) is 2.74. The van der Waals surface area contributed by atoms with E-state index >= 15 is 0 Å². The van der Waals surface area contributed by atoms with Gasteiger partial charge in [-0.1, -0.05) is 14.5 Å². The third-order valence-corrected chi connectivity index (χ3v) is 3.69. The van der Waals surface area contributed by atoms with Crippen LogP contribution in [0.3, 0.4) is 0 Å². The molecular formula is C8H11F2PS. The molecule has 1 unspecified atom stereocenters. The number of rotatable bonds is 1. The summed E-state index contributed by atoms with van der Waals surface area (Å²) < 4.78 is 25.9. The van der Waals surface area contributed by atoms with E-state index in [-0.39, 0.29) is 0 Å². The van der Waals surface area contributed by atoms with Crippen molar-refractivity contribution in [2.75, 3.05) is 12.5 Å². The molecule has 1 rings (SSSR count). The number of benzene rings is 1. The lowest BCUT2D eigenvalue weighted by Gasteiger charge is -2.25. The molecule has 12 heavy (non-hydrogen) atoms. The van der Waals surface area contributed by atoms with Crippen LogP contribution < -0.4 is 0 Å². The maximum absolute atomic E-state index is 13.1. The second-order valence-electron chi connectivity index (χ2n) is 2.96. The Morgan fingerprint density at radius 3 is 2.25 bits per heavy atom. The summed E-state index contributed by atoms with van der Waals surface area (Å²) in [7, 11) is 1.31. The van der Waals surface area contributed by atoms with E-state index in [4.69, 9.17) is 0 Å². The second-order valence-corrected chi connectivity index (χ2v) is 9.74. The predicted octanol–water partition coefficient (Wildman–Crippen LogP) is 3.18. The molecule has 0 radical (unpaired) electrons. The summed E-state index contributed by atoms with van der Waals surface area (Å²) >= 11 is 0. The van der Waals surface area contributed by atoms with E-state index in [9.17, 15) is 8.78 Å². The zero-order chi connectivity index (χ0) is 9.35. The highest BCUT2D eigenvalue weighted by Crippen LogP contribution is 2.57. The molecule has 0 saturated heterocycles. The third-order valence-electron chi connectivity index (χ3n) is 1.48. The molecule has 1 aromatic rings. The Hall–Kier alpha value is -0.140. The molecule has 0 aliphatic carbocycles. The lowest BCUT2D eigenvalue weighted by Crippen LogP contribution is -1.94. The Balaban J connectivity index is 3.26. The normalized spacial score (nSPS) is 13.1. The summed E-state index contributed by atoms with van der Waals surface area (Å²) in [6.07, 6.45) is 3.80. The van der Waals surface area contributed by atoms with E-state index in [0.717, 1.165) is 6.07 Å². The Morgan fingerprint density at radius 1 is 1.25 bits per heavy atom. The van der Waals surface area contributed by atoms with Gasteiger partial charge in [0.05, 0.1) is 0 Å². The van der Waals surface area contributed by atoms with Crippen LogP contribution in [-0.4, -0.2) is 12.5 Å². The summed E-state index contributed by atoms with van der Waals surface area (Å²) in [5.74, 6) is -1.48. The van der Waals surface area contributed by atoms with Gasteiger partial charge in [-0.05, 0) is 24.6 Å². The highest BCUT2D eigenvalue weighted by atomic mass is 32.8. The molecule has 0 spiro atoms. The van der Waals surface area contributed by atoms with Crippen LogP contribution in [-0.2, 0) is 0 Å². The van der Waals surface area contributed by atoms with Crippen molar-refractivity contribution in [1.29, 1.82) is 0 Å². The number of halogens is 2. The minimum atomic E-state index is -1.25. The minimum Gasteiger partial charge on any atom is -0.204 e. The minimum absolute atomic E-state index is 0.465. The largest absolute Gasteiger partial charge is 0.204 e. The molecule has 0 amide bonds. The highest BCUT2D eigenvalue weighted by Gasteiger charge is 2.15. The van der Waals surface area contributed by atoms with Gasteiger partial charge in [0.15, 0.2) is 11.6 Å². The van der Waals surface area contributed by atoms with Crippen molar-refractivity contribution in [3.8, 4) is 0 Å². The smallest absolute Gasteiger partial charge is 0.171 e. The van der Waals surface area contributed by atoms with E-state index in [1.807, 2.05) is 12.5 Å². The van der Waals surface area contributed by atoms with Crippen molar-refractivity contribution in [1.82, 2.24) is 0 Å². The van der Waals surface area contributed by atoms with Gasteiger partial charge in [0.1, 0.15) is 0 Å². The van der Waals surface area contributed by atoms with Gasteiger partial charge in [-0.2, -0.15) is 0 Å². The van der Waals surface area contributed by atoms with Gasteiger partial charge in [0.2, 0.25) is 0 Å². The fourth-order valence-corrected chi connectivity index (χ4v) is 2.43. The fourth-order valence-electron chi connectivity index (χ4n) is 0.890. The Bertz CT molecular complexity index is 294. The van der Waals surface area contributed by atoms with E-state index in [1.165, 1.54) is 6.07 Å². The van der Waals surface area contributed by atoms with Gasteiger partial charge < -0.3 is 0 Å². The Labute approximate surface area is 74.6 Å². The molecular weight excluding hydrogens is 197 g/mol. The van der Waals surface area contributed by atoms with Crippen LogP contribution in [0.25, 0.3) is 0 Å². The number of hydrogen-bond donors (Lipinski definition) is 0. The van der Waals surface area contributed by atoms with Gasteiger partial charge in [0, 0.05) is 4.90 Å². The van der Waals surface area contributed by atoms with Crippen molar-refractivity contribution in [2.45, 2.75) is 4.90 Å². The molecule has 0 bridgehead atoms. The molecule has 0 heterocycles. The molecule has 0 aliphatic rings. The number of hydrogen-bond acceptors (Lipinski definition) is 0. The first kappa shape index (κ1) is 9.94. The van der Waals surface area contributed by atoms with Crippen molar-refractivity contribution < 1.29 is 8.78 Å². The average Bonchev–Trinajstić information content (AvgIpc) is 1.92. The SMILES string of the molecule is CS(C)(P)c1cccc(F)c1F. The summed E-state index contributed by atoms with van der Waals surface area (Å²) in [6.45, 7) is 0. The zero-order valence-electron chi connectivity index (χ0n) is 6.97. The molecule has 0 aliphatic heterocycles. The summed E-state index contributed by atoms with van der Waals surface area (Å²) in [5.41, 5.74) is 0. The van der Waals surface area contributed by atoms with Crippen molar-refractivity contribution >= 4 is 18.1 Å². The van der Waals surface area contributed by atoms with Gasteiger partial charge in [-0.25, -0.2) is 18.4 Å². The van der Waals surface area contributed by atoms with Crippen molar-refractivity contribution in [3.05, 3.63) is 29.8 Å². The fraction of sp³-hybridized carbons (Fsp3) is 0.250. The molecule has 0 aromatic heterocycles. The van der Waals surface area contributed by atoms with Crippen LogP contribution in [0.2, 0.25) is 0 Å². The van der Waals surface area contributed by atoms with Crippen molar-refractivity contribution in [3.63, 3.8) is 0 Å². The van der Waals surface area contributed by atoms with Crippen LogP contribution in [0.15, 0.2) is 23.1 Å². The highest BCUT2D eigenvalue weighted by molar-refractivity contribution is 8.67. The molecule has 1 aromatic carbocycles. The second kappa shape index (κ2) is 3.31. The van der Waals surface area contributed by atoms with Gasteiger partial charge in [0.25, 0.3) is 0 Å². The van der Waals surface area contributed by atoms with Crippen LogP contribution in [0.5, 0.6) is 0 Å². The maximum Gasteiger partial charge on any atom is 0.171 e. The molecule has 68 valence electrons. The van der Waals surface area contributed by atoms with E-state index in [2.05, 4.69) is 8.44 Å². The zero-order valence-corrected chi connectivity index (χ0v) is 8.94. The predicted molar refractivity (Wildman–Crippen MR) is 53.8 cm³/mol. The van der Waals surface area contributed by atoms with E-state index in [0.29, 0.717) is 4.90 Å². The maximum atomic E-state index is 13.1. The van der Waals surface area contributed by atoms with Crippen LogP contribution in [0.4, 0.5) is 8.78 Å². The topological polar surface area (TPSA) is 0 Å². The van der Waals surface area contributed by atoms with E-state index < -0.39 is 21.3 Å².